The van der Waals surface area contributed by atoms with Gasteiger partial charge in [-0.1, -0.05) is 48.0 Å². The van der Waals surface area contributed by atoms with Gasteiger partial charge in [0.25, 0.3) is 5.91 Å². The van der Waals surface area contributed by atoms with Gasteiger partial charge in [-0.05, 0) is 89.1 Å². The third-order valence-corrected chi connectivity index (χ3v) is 8.31. The first-order valence-corrected chi connectivity index (χ1v) is 14.5. The maximum atomic E-state index is 12.5. The quantitative estimate of drug-likeness (QED) is 0.260. The molecular weight excluding hydrogens is 569 g/mol. The molecule has 5 rings (SSSR count). The van der Waals surface area contributed by atoms with Crippen molar-refractivity contribution in [2.75, 3.05) is 7.11 Å². The number of hydrogen-bond acceptors (Lipinski definition) is 7. The number of rotatable bonds is 7. The molecule has 0 atom stereocenters. The number of fused-ring (bicyclic) bond motifs is 1. The third-order valence-electron chi connectivity index (χ3n) is 6.08. The summed E-state index contributed by atoms with van der Waals surface area (Å²) in [5.74, 6) is -0.219. The van der Waals surface area contributed by atoms with E-state index in [9.17, 15) is 18.0 Å². The average Bonchev–Trinajstić information content (AvgIpc) is 3.27. The summed E-state index contributed by atoms with van der Waals surface area (Å²) in [7, 11) is -2.44. The van der Waals surface area contributed by atoms with E-state index in [1.165, 1.54) is 23.9 Å². The van der Waals surface area contributed by atoms with Gasteiger partial charge in [-0.2, -0.15) is 0 Å². The van der Waals surface area contributed by atoms with E-state index in [1.54, 1.807) is 43.5 Å². The van der Waals surface area contributed by atoms with Gasteiger partial charge in [-0.3, -0.25) is 4.79 Å². The number of aryl methyl sites for hydroxylation is 1. The summed E-state index contributed by atoms with van der Waals surface area (Å²) in [6.45, 7) is 1.84. The number of methoxy groups -OCH3 is 1. The summed E-state index contributed by atoms with van der Waals surface area (Å²) in [4.78, 5) is 29.8. The monoisotopic (exact) mass is 593 g/mol. The molecule has 8 nitrogen and oxygen atoms in total. The molecule has 1 N–H and O–H groups in total. The van der Waals surface area contributed by atoms with Gasteiger partial charge in [0.2, 0.25) is 0 Å². The van der Waals surface area contributed by atoms with Crippen molar-refractivity contribution in [2.24, 2.45) is 4.99 Å². The third kappa shape index (κ3) is 7.66. The van der Waals surface area contributed by atoms with E-state index >= 15 is 0 Å². The van der Waals surface area contributed by atoms with Crippen molar-refractivity contribution in [3.05, 3.63) is 111 Å². The Bertz CT molecular complexity index is 1790. The zero-order valence-corrected chi connectivity index (χ0v) is 26.3. The number of nitrogens with zero attached hydrogens (tertiary/aromatic N) is 2. The van der Waals surface area contributed by atoms with Crippen LogP contribution in [-0.4, -0.2) is 32.5 Å². The van der Waals surface area contributed by atoms with Gasteiger partial charge in [-0.25, -0.2) is 13.4 Å². The zero-order chi connectivity index (χ0) is 28.3. The van der Waals surface area contributed by atoms with Crippen molar-refractivity contribution in [1.82, 2.24) is 5.32 Å². The Morgan fingerprint density at radius 2 is 1.66 bits per heavy atom. The summed E-state index contributed by atoms with van der Waals surface area (Å²) in [6, 6.07) is 24.6. The number of aliphatic imine (C=N–C) groups is 1. The number of sulfonamides is 1. The number of thioether (sulfide) groups is 1. The van der Waals surface area contributed by atoms with Gasteiger partial charge in [0, 0.05) is 6.42 Å². The molecule has 1 fully saturated rings. The molecule has 4 aromatic carbocycles. The molecule has 202 valence electrons. The molecule has 4 aromatic rings. The Balaban J connectivity index is 0.00000387. The number of nitrogens with one attached hydrogen (secondary N) is 1. The number of carbonyl (C=O) groups excluding carboxylic acids is 2. The molecule has 0 aliphatic carbocycles. The van der Waals surface area contributed by atoms with E-state index in [-0.39, 0.29) is 46.8 Å². The van der Waals surface area contributed by atoms with Crippen LogP contribution in [0.2, 0.25) is 0 Å². The summed E-state index contributed by atoms with van der Waals surface area (Å²) in [5.41, 5.74) is 2.96. The SMILES string of the molecule is COc1ccc2cc(C=C3SC(=Nc4ccc(CC(=O)[N-]S(=O)(=O)c5ccc(C)cc5)cc4)NC3=O)ccc2c1.[Na+]. The second-order valence-corrected chi connectivity index (χ2v) is 11.7. The van der Waals surface area contributed by atoms with Crippen LogP contribution in [-0.2, 0) is 26.0 Å². The normalized spacial score (nSPS) is 15.0. The van der Waals surface area contributed by atoms with Crippen molar-refractivity contribution in [3.63, 3.8) is 0 Å². The van der Waals surface area contributed by atoms with Gasteiger partial charge < -0.3 is 19.6 Å². The molecule has 1 aliphatic heterocycles. The van der Waals surface area contributed by atoms with Gasteiger partial charge in [0.15, 0.2) is 5.17 Å². The summed E-state index contributed by atoms with van der Waals surface area (Å²) in [6.07, 6.45) is 1.65. The first-order chi connectivity index (χ1) is 19.2. The van der Waals surface area contributed by atoms with Crippen LogP contribution in [0, 0.1) is 6.92 Å². The van der Waals surface area contributed by atoms with Crippen LogP contribution in [0.25, 0.3) is 21.6 Å². The van der Waals surface area contributed by atoms with Crippen molar-refractivity contribution in [3.8, 4) is 5.75 Å². The molecular formula is C30H24N3NaO5S2. The van der Waals surface area contributed by atoms with Crippen molar-refractivity contribution in [2.45, 2.75) is 18.2 Å². The van der Waals surface area contributed by atoms with Crippen LogP contribution in [0.3, 0.4) is 0 Å². The number of amidine groups is 1. The van der Waals surface area contributed by atoms with Gasteiger partial charge >= 0.3 is 29.6 Å². The Morgan fingerprint density at radius 3 is 2.37 bits per heavy atom. The minimum absolute atomic E-state index is 0. The van der Waals surface area contributed by atoms with Crippen LogP contribution >= 0.6 is 11.8 Å². The second-order valence-electron chi connectivity index (χ2n) is 9.07. The molecule has 41 heavy (non-hydrogen) atoms. The van der Waals surface area contributed by atoms with Gasteiger partial charge in [0.1, 0.15) is 15.8 Å². The smallest absolute Gasteiger partial charge is 0.541 e. The Hall–Kier alpha value is -3.41. The first-order valence-electron chi connectivity index (χ1n) is 12.2. The van der Waals surface area contributed by atoms with Crippen molar-refractivity contribution >= 4 is 61.3 Å². The van der Waals surface area contributed by atoms with E-state index in [1.807, 2.05) is 49.4 Å². The molecule has 0 saturated carbocycles. The Labute approximate surface area is 264 Å². The van der Waals surface area contributed by atoms with Crippen LogP contribution in [0.1, 0.15) is 16.7 Å². The maximum Gasteiger partial charge on any atom is 1.00 e. The fraction of sp³-hybridized carbons (Fsp3) is 0.100. The van der Waals surface area contributed by atoms with Gasteiger partial charge in [-0.15, -0.1) is 0 Å². The number of carbonyl (C=O) groups is 2. The summed E-state index contributed by atoms with van der Waals surface area (Å²) < 4.78 is 33.5. The molecule has 0 aromatic heterocycles. The van der Waals surface area contributed by atoms with E-state index in [2.05, 4.69) is 15.0 Å². The average molecular weight is 594 g/mol. The van der Waals surface area contributed by atoms with Crippen LogP contribution in [0.5, 0.6) is 5.75 Å². The predicted molar refractivity (Wildman–Crippen MR) is 158 cm³/mol. The molecule has 1 aliphatic rings. The van der Waals surface area contributed by atoms with E-state index in [0.29, 0.717) is 21.3 Å². The minimum Gasteiger partial charge on any atom is -0.541 e. The Kier molecular flexibility index (Phi) is 9.72. The van der Waals surface area contributed by atoms with Gasteiger partial charge in [0.05, 0.1) is 28.5 Å². The molecule has 1 saturated heterocycles. The van der Waals surface area contributed by atoms with Crippen molar-refractivity contribution in [1.29, 1.82) is 0 Å². The van der Waals surface area contributed by atoms with Crippen LogP contribution < -0.4 is 39.6 Å². The van der Waals surface area contributed by atoms with Crippen LogP contribution in [0.4, 0.5) is 5.69 Å². The van der Waals surface area contributed by atoms with Crippen LogP contribution in [0.15, 0.2) is 99.7 Å². The first kappa shape index (κ1) is 30.5. The van der Waals surface area contributed by atoms with E-state index in [4.69, 9.17) is 4.74 Å². The van der Waals surface area contributed by atoms with Crippen molar-refractivity contribution < 1.29 is 52.3 Å². The fourth-order valence-corrected chi connectivity index (χ4v) is 5.76. The number of hydrogen-bond donors (Lipinski definition) is 1. The molecule has 0 unspecified atom stereocenters. The fourth-order valence-electron chi connectivity index (χ4n) is 4.00. The van der Waals surface area contributed by atoms with E-state index in [0.717, 1.165) is 27.6 Å². The second kappa shape index (κ2) is 13.1. The topological polar surface area (TPSA) is 116 Å². The summed E-state index contributed by atoms with van der Waals surface area (Å²) in [5, 5.41) is 5.28. The largest absolute Gasteiger partial charge is 1.00 e. The zero-order valence-electron chi connectivity index (χ0n) is 22.6. The molecule has 0 radical (unpaired) electrons. The molecule has 2 amide bonds. The summed E-state index contributed by atoms with van der Waals surface area (Å²) >= 11 is 1.23. The number of benzene rings is 4. The molecule has 0 bridgehead atoms. The molecule has 0 spiro atoms. The number of amides is 2. The molecule has 11 heteroatoms. The van der Waals surface area contributed by atoms with E-state index < -0.39 is 15.9 Å². The maximum absolute atomic E-state index is 12.5. The minimum atomic E-state index is -4.07. The standard InChI is InChI=1S/C30H25N3O5S2.Na/c1-19-3-13-26(14-4-19)40(36,37)33-28(34)17-20-6-10-24(11-7-20)31-30-32-29(35)27(39-30)16-21-5-8-23-18-25(38-2)12-9-22(23)15-21;/h3-16,18H,17H2,1-2H3,(H2,31,32,33,34,35);/q;+1/p-1. The predicted octanol–water partition coefficient (Wildman–Crippen LogP) is 2.88. The molecule has 1 heterocycles. The Morgan fingerprint density at radius 1 is 0.976 bits per heavy atom. The number of ether oxygens (including phenoxy) is 1.